The number of hydrogen-bond acceptors (Lipinski definition) is 4. The van der Waals surface area contributed by atoms with Crippen LogP contribution in [0.1, 0.15) is 42.2 Å². The Kier molecular flexibility index (Phi) is 3.59. The number of aromatic nitrogens is 3. The summed E-state index contributed by atoms with van der Waals surface area (Å²) in [6.07, 6.45) is 3.70. The van der Waals surface area contributed by atoms with Gasteiger partial charge in [0.2, 0.25) is 0 Å². The van der Waals surface area contributed by atoms with Crippen molar-refractivity contribution in [1.29, 1.82) is 0 Å². The van der Waals surface area contributed by atoms with Gasteiger partial charge in [0, 0.05) is 12.4 Å². The highest BCUT2D eigenvalue weighted by Gasteiger charge is 2.19. The molecule has 2 aromatic rings. The minimum Gasteiger partial charge on any atom is -0.336 e. The Bertz CT molecular complexity index is 486. The summed E-state index contributed by atoms with van der Waals surface area (Å²) >= 11 is 1.70. The van der Waals surface area contributed by atoms with Crippen molar-refractivity contribution >= 4 is 11.3 Å². The third-order valence-corrected chi connectivity index (χ3v) is 3.74. The molecule has 92 valence electrons. The fourth-order valence-electron chi connectivity index (χ4n) is 1.74. The molecule has 1 atom stereocenters. The normalized spacial score (nSPS) is 13.2. The zero-order valence-electron chi connectivity index (χ0n) is 10.6. The number of rotatable bonds is 4. The molecule has 0 saturated heterocycles. The van der Waals surface area contributed by atoms with Crippen molar-refractivity contribution in [2.45, 2.75) is 25.8 Å². The summed E-state index contributed by atoms with van der Waals surface area (Å²) in [5.74, 6) is 0.476. The van der Waals surface area contributed by atoms with Crippen LogP contribution in [-0.4, -0.2) is 21.6 Å². The Morgan fingerprint density at radius 2 is 2.18 bits per heavy atom. The van der Waals surface area contributed by atoms with Gasteiger partial charge in [-0.3, -0.25) is 0 Å². The van der Waals surface area contributed by atoms with Crippen LogP contribution in [-0.2, 0) is 7.05 Å². The first-order valence-corrected chi connectivity index (χ1v) is 6.60. The lowest BCUT2D eigenvalue weighted by Gasteiger charge is -2.13. The number of nitrogens with zero attached hydrogens (tertiary/aromatic N) is 3. The Morgan fingerprint density at radius 3 is 2.65 bits per heavy atom. The standard InChI is InChI=1S/C12H18N4S/c1-8(2)9-6-17-12(15-9)11(13-3)10-5-14-7-16(10)4/h5-8,11,13H,1-4H3. The molecule has 2 aromatic heterocycles. The lowest BCUT2D eigenvalue weighted by molar-refractivity contribution is 0.630. The number of aryl methyl sites for hydroxylation is 1. The van der Waals surface area contributed by atoms with Gasteiger partial charge >= 0.3 is 0 Å². The summed E-state index contributed by atoms with van der Waals surface area (Å²) in [5, 5.41) is 6.54. The predicted molar refractivity (Wildman–Crippen MR) is 70.3 cm³/mol. The molecule has 1 N–H and O–H groups in total. The molecule has 0 amide bonds. The van der Waals surface area contributed by atoms with Crippen molar-refractivity contribution in [3.05, 3.63) is 34.3 Å². The predicted octanol–water partition coefficient (Wildman–Crippen LogP) is 2.31. The second-order valence-corrected chi connectivity index (χ2v) is 5.31. The average molecular weight is 250 g/mol. The quantitative estimate of drug-likeness (QED) is 0.905. The number of nitrogens with one attached hydrogen (secondary N) is 1. The lowest BCUT2D eigenvalue weighted by Crippen LogP contribution is -2.20. The van der Waals surface area contributed by atoms with Gasteiger partial charge in [0.25, 0.3) is 0 Å². The van der Waals surface area contributed by atoms with Crippen LogP contribution < -0.4 is 5.32 Å². The zero-order chi connectivity index (χ0) is 12.4. The van der Waals surface area contributed by atoms with Gasteiger partial charge in [-0.1, -0.05) is 13.8 Å². The molecule has 0 saturated carbocycles. The first kappa shape index (κ1) is 12.3. The summed E-state index contributed by atoms with van der Waals surface area (Å²) in [7, 11) is 3.96. The van der Waals surface area contributed by atoms with Crippen LogP contribution in [0.4, 0.5) is 0 Å². The van der Waals surface area contributed by atoms with Crippen molar-refractivity contribution in [2.24, 2.45) is 7.05 Å². The van der Waals surface area contributed by atoms with Crippen LogP contribution in [0, 0.1) is 0 Å². The minimum absolute atomic E-state index is 0.125. The molecule has 0 radical (unpaired) electrons. The first-order valence-electron chi connectivity index (χ1n) is 5.72. The van der Waals surface area contributed by atoms with E-state index in [0.29, 0.717) is 5.92 Å². The molecule has 0 aliphatic heterocycles. The maximum atomic E-state index is 4.69. The molecule has 4 nitrogen and oxygen atoms in total. The molecule has 5 heteroatoms. The Morgan fingerprint density at radius 1 is 1.41 bits per heavy atom. The topological polar surface area (TPSA) is 42.7 Å². The van der Waals surface area contributed by atoms with Gasteiger partial charge in [-0.25, -0.2) is 9.97 Å². The van der Waals surface area contributed by atoms with Gasteiger partial charge in [-0.2, -0.15) is 0 Å². The third-order valence-electron chi connectivity index (χ3n) is 2.82. The Hall–Kier alpha value is -1.20. The van der Waals surface area contributed by atoms with Gasteiger partial charge in [0.1, 0.15) is 11.0 Å². The summed E-state index contributed by atoms with van der Waals surface area (Å²) in [4.78, 5) is 8.85. The summed E-state index contributed by atoms with van der Waals surface area (Å²) < 4.78 is 2.03. The van der Waals surface area contributed by atoms with E-state index >= 15 is 0 Å². The summed E-state index contributed by atoms with van der Waals surface area (Å²) in [5.41, 5.74) is 2.30. The van der Waals surface area contributed by atoms with E-state index in [1.165, 1.54) is 0 Å². The van der Waals surface area contributed by atoms with Crippen LogP contribution in [0.2, 0.25) is 0 Å². The van der Waals surface area contributed by atoms with E-state index in [1.807, 2.05) is 31.2 Å². The van der Waals surface area contributed by atoms with Crippen molar-refractivity contribution in [1.82, 2.24) is 19.9 Å². The van der Waals surface area contributed by atoms with Crippen molar-refractivity contribution in [3.8, 4) is 0 Å². The second kappa shape index (κ2) is 4.98. The molecule has 0 bridgehead atoms. The smallest absolute Gasteiger partial charge is 0.116 e. The molecule has 0 spiro atoms. The zero-order valence-corrected chi connectivity index (χ0v) is 11.5. The molecule has 0 fully saturated rings. The van der Waals surface area contributed by atoms with Crippen LogP contribution in [0.5, 0.6) is 0 Å². The molecule has 17 heavy (non-hydrogen) atoms. The van der Waals surface area contributed by atoms with Gasteiger partial charge in [0.05, 0.1) is 23.9 Å². The maximum Gasteiger partial charge on any atom is 0.116 e. The first-order chi connectivity index (χ1) is 8.13. The van der Waals surface area contributed by atoms with E-state index < -0.39 is 0 Å². The average Bonchev–Trinajstić information content (AvgIpc) is 2.90. The second-order valence-electron chi connectivity index (χ2n) is 4.42. The minimum atomic E-state index is 0.125. The SMILES string of the molecule is CNC(c1nc(C(C)C)cs1)c1cncn1C. The van der Waals surface area contributed by atoms with Crippen molar-refractivity contribution in [2.75, 3.05) is 7.05 Å². The molecule has 0 aliphatic carbocycles. The molecular weight excluding hydrogens is 232 g/mol. The fraction of sp³-hybridized carbons (Fsp3) is 0.500. The molecule has 0 aromatic carbocycles. The highest BCUT2D eigenvalue weighted by atomic mass is 32.1. The van der Waals surface area contributed by atoms with E-state index in [1.54, 1.807) is 11.3 Å². The van der Waals surface area contributed by atoms with E-state index in [4.69, 9.17) is 4.98 Å². The Balaban J connectivity index is 2.32. The monoisotopic (exact) mass is 250 g/mol. The molecule has 2 rings (SSSR count). The number of imidazole rings is 1. The Labute approximate surface area is 106 Å². The maximum absolute atomic E-state index is 4.69. The van der Waals surface area contributed by atoms with Crippen LogP contribution >= 0.6 is 11.3 Å². The van der Waals surface area contributed by atoms with Crippen molar-refractivity contribution < 1.29 is 0 Å². The van der Waals surface area contributed by atoms with Gasteiger partial charge in [-0.05, 0) is 13.0 Å². The van der Waals surface area contributed by atoms with E-state index in [0.717, 1.165) is 16.4 Å². The number of thiazole rings is 1. The van der Waals surface area contributed by atoms with E-state index in [-0.39, 0.29) is 6.04 Å². The largest absolute Gasteiger partial charge is 0.336 e. The van der Waals surface area contributed by atoms with E-state index in [9.17, 15) is 0 Å². The summed E-state index contributed by atoms with van der Waals surface area (Å²) in [6.45, 7) is 4.33. The van der Waals surface area contributed by atoms with Gasteiger partial charge in [0.15, 0.2) is 0 Å². The number of hydrogen-bond donors (Lipinski definition) is 1. The van der Waals surface area contributed by atoms with Crippen molar-refractivity contribution in [3.63, 3.8) is 0 Å². The highest BCUT2D eigenvalue weighted by molar-refractivity contribution is 7.09. The highest BCUT2D eigenvalue weighted by Crippen LogP contribution is 2.26. The van der Waals surface area contributed by atoms with Crippen LogP contribution in [0.15, 0.2) is 17.9 Å². The van der Waals surface area contributed by atoms with Crippen LogP contribution in [0.3, 0.4) is 0 Å². The van der Waals surface area contributed by atoms with Gasteiger partial charge < -0.3 is 9.88 Å². The molecule has 2 heterocycles. The van der Waals surface area contributed by atoms with Crippen LogP contribution in [0.25, 0.3) is 0 Å². The molecular formula is C12H18N4S. The molecule has 0 aliphatic rings. The van der Waals surface area contributed by atoms with E-state index in [2.05, 4.69) is 29.5 Å². The lowest BCUT2D eigenvalue weighted by atomic mass is 10.1. The third kappa shape index (κ3) is 2.40. The van der Waals surface area contributed by atoms with Gasteiger partial charge in [-0.15, -0.1) is 11.3 Å². The fourth-order valence-corrected chi connectivity index (χ4v) is 2.84. The summed E-state index contributed by atoms with van der Waals surface area (Å²) in [6, 6.07) is 0.125. The molecule has 1 unspecified atom stereocenters.